The third kappa shape index (κ3) is 6.81. The van der Waals surface area contributed by atoms with Gasteiger partial charge in [0.1, 0.15) is 5.56 Å². The minimum atomic E-state index is -1.11. The first-order valence-electron chi connectivity index (χ1n) is 9.65. The maximum Gasteiger partial charge on any atom is 0.345 e. The number of benzene rings is 2. The predicted octanol–water partition coefficient (Wildman–Crippen LogP) is 2.88. The summed E-state index contributed by atoms with van der Waals surface area (Å²) in [6.45, 7) is 2.49. The number of hydrogen-bond donors (Lipinski definition) is 2. The van der Waals surface area contributed by atoms with E-state index in [1.165, 1.54) is 7.11 Å². The largest absolute Gasteiger partial charge is 0.493 e. The molecule has 0 saturated carbocycles. The van der Waals surface area contributed by atoms with Gasteiger partial charge in [0.2, 0.25) is 5.91 Å². The number of rotatable bonds is 10. The standard InChI is InChI=1S/C21H22ClN3O8/c1-4-32-18-9-16(25(29)30)13(8-17(18)31-3)21(28)33-11-20(27)23-10-19(26)24-15-7-5-6-14(22)12(15)2/h5-9H,4,10-11H2,1-3H3,(H,23,27)(H,24,26). The van der Waals surface area contributed by atoms with E-state index in [0.717, 1.165) is 12.1 Å². The number of esters is 1. The van der Waals surface area contributed by atoms with Crippen molar-refractivity contribution >= 4 is 40.8 Å². The quantitative estimate of drug-likeness (QED) is 0.300. The normalized spacial score (nSPS) is 10.2. The predicted molar refractivity (Wildman–Crippen MR) is 119 cm³/mol. The van der Waals surface area contributed by atoms with E-state index in [1.807, 2.05) is 0 Å². The maximum atomic E-state index is 12.4. The van der Waals surface area contributed by atoms with Crippen LogP contribution in [0.5, 0.6) is 11.5 Å². The molecule has 0 atom stereocenters. The van der Waals surface area contributed by atoms with Crippen LogP contribution in [-0.2, 0) is 14.3 Å². The van der Waals surface area contributed by atoms with Crippen LogP contribution in [0.25, 0.3) is 0 Å². The van der Waals surface area contributed by atoms with Crippen molar-refractivity contribution in [3.63, 3.8) is 0 Å². The van der Waals surface area contributed by atoms with Crippen LogP contribution in [0.2, 0.25) is 5.02 Å². The number of amides is 2. The topological polar surface area (TPSA) is 146 Å². The molecule has 0 bridgehead atoms. The summed E-state index contributed by atoms with van der Waals surface area (Å²) in [7, 11) is 1.31. The van der Waals surface area contributed by atoms with Gasteiger partial charge < -0.3 is 24.8 Å². The van der Waals surface area contributed by atoms with Crippen LogP contribution in [0.15, 0.2) is 30.3 Å². The molecular weight excluding hydrogens is 458 g/mol. The minimum absolute atomic E-state index is 0.0851. The Morgan fingerprint density at radius 3 is 2.52 bits per heavy atom. The van der Waals surface area contributed by atoms with E-state index in [9.17, 15) is 24.5 Å². The lowest BCUT2D eigenvalue weighted by Gasteiger charge is -2.12. The van der Waals surface area contributed by atoms with E-state index in [4.69, 9.17) is 25.8 Å². The average Bonchev–Trinajstić information content (AvgIpc) is 2.78. The van der Waals surface area contributed by atoms with Crippen molar-refractivity contribution in [3.8, 4) is 11.5 Å². The second kappa shape index (κ2) is 11.7. The van der Waals surface area contributed by atoms with Crippen molar-refractivity contribution < 1.29 is 33.5 Å². The molecule has 0 aromatic heterocycles. The molecular formula is C21H22ClN3O8. The van der Waals surface area contributed by atoms with Crippen LogP contribution >= 0.6 is 11.6 Å². The zero-order valence-corrected chi connectivity index (χ0v) is 18.9. The highest BCUT2D eigenvalue weighted by Gasteiger charge is 2.26. The van der Waals surface area contributed by atoms with Crippen molar-refractivity contribution in [2.24, 2.45) is 0 Å². The Kier molecular flexibility index (Phi) is 8.98. The summed E-state index contributed by atoms with van der Waals surface area (Å²) in [6.07, 6.45) is 0. The van der Waals surface area contributed by atoms with Crippen molar-refractivity contribution in [1.82, 2.24) is 5.32 Å². The number of carbonyl (C=O) groups is 3. The molecule has 0 saturated heterocycles. The van der Waals surface area contributed by atoms with Gasteiger partial charge >= 0.3 is 5.97 Å². The Bertz CT molecular complexity index is 1070. The molecule has 2 aromatic carbocycles. The van der Waals surface area contributed by atoms with Gasteiger partial charge in [-0.05, 0) is 31.5 Å². The third-order valence-electron chi connectivity index (χ3n) is 4.32. The van der Waals surface area contributed by atoms with E-state index in [-0.39, 0.29) is 24.7 Å². The van der Waals surface area contributed by atoms with Gasteiger partial charge in [-0.15, -0.1) is 0 Å². The van der Waals surface area contributed by atoms with Gasteiger partial charge in [0, 0.05) is 16.8 Å². The fourth-order valence-corrected chi connectivity index (χ4v) is 2.84. The van der Waals surface area contributed by atoms with Gasteiger partial charge in [0.05, 0.1) is 31.3 Å². The van der Waals surface area contributed by atoms with Crippen molar-refractivity contribution in [3.05, 3.63) is 56.6 Å². The summed E-state index contributed by atoms with van der Waals surface area (Å²) >= 11 is 5.99. The first-order valence-corrected chi connectivity index (χ1v) is 10.0. The van der Waals surface area contributed by atoms with E-state index in [1.54, 1.807) is 32.0 Å². The highest BCUT2D eigenvalue weighted by atomic mass is 35.5. The van der Waals surface area contributed by atoms with Gasteiger partial charge in [-0.25, -0.2) is 4.79 Å². The fraction of sp³-hybridized carbons (Fsp3) is 0.286. The third-order valence-corrected chi connectivity index (χ3v) is 4.73. The molecule has 0 aliphatic carbocycles. The Hall–Kier alpha value is -3.86. The van der Waals surface area contributed by atoms with Crippen LogP contribution in [0.4, 0.5) is 11.4 Å². The Balaban J connectivity index is 1.97. The summed E-state index contributed by atoms with van der Waals surface area (Å²) < 4.78 is 15.2. The molecule has 0 spiro atoms. The first kappa shape index (κ1) is 25.4. The number of hydrogen-bond acceptors (Lipinski definition) is 8. The van der Waals surface area contributed by atoms with Gasteiger partial charge in [-0.3, -0.25) is 19.7 Å². The molecule has 2 N–H and O–H groups in total. The molecule has 176 valence electrons. The molecule has 2 aromatic rings. The van der Waals surface area contributed by atoms with E-state index < -0.39 is 40.6 Å². The lowest BCUT2D eigenvalue weighted by Crippen LogP contribution is -2.35. The smallest absolute Gasteiger partial charge is 0.345 e. The molecule has 11 nitrogen and oxygen atoms in total. The van der Waals surface area contributed by atoms with E-state index in [2.05, 4.69) is 10.6 Å². The lowest BCUT2D eigenvalue weighted by molar-refractivity contribution is -0.385. The molecule has 0 unspecified atom stereocenters. The molecule has 2 amide bonds. The summed E-state index contributed by atoms with van der Waals surface area (Å²) in [5, 5.41) is 16.7. The Morgan fingerprint density at radius 1 is 1.15 bits per heavy atom. The van der Waals surface area contributed by atoms with Crippen molar-refractivity contribution in [2.75, 3.05) is 32.2 Å². The highest BCUT2D eigenvalue weighted by Crippen LogP contribution is 2.35. The van der Waals surface area contributed by atoms with E-state index in [0.29, 0.717) is 16.3 Å². The molecule has 0 aliphatic rings. The molecule has 0 aliphatic heterocycles. The van der Waals surface area contributed by atoms with E-state index >= 15 is 0 Å². The molecule has 0 fully saturated rings. The molecule has 2 rings (SSSR count). The average molecular weight is 480 g/mol. The molecule has 0 heterocycles. The Morgan fingerprint density at radius 2 is 1.88 bits per heavy atom. The lowest BCUT2D eigenvalue weighted by atomic mass is 10.1. The fourth-order valence-electron chi connectivity index (χ4n) is 2.67. The van der Waals surface area contributed by atoms with Crippen LogP contribution in [-0.4, -0.2) is 49.6 Å². The van der Waals surface area contributed by atoms with Crippen molar-refractivity contribution in [2.45, 2.75) is 13.8 Å². The van der Waals surface area contributed by atoms with Crippen LogP contribution in [0, 0.1) is 17.0 Å². The number of halogens is 1. The number of methoxy groups -OCH3 is 1. The molecule has 33 heavy (non-hydrogen) atoms. The summed E-state index contributed by atoms with van der Waals surface area (Å²) in [5.41, 5.74) is 0.174. The van der Waals surface area contributed by atoms with Gasteiger partial charge in [0.25, 0.3) is 11.6 Å². The zero-order valence-electron chi connectivity index (χ0n) is 18.1. The number of nitrogens with one attached hydrogen (secondary N) is 2. The monoisotopic (exact) mass is 479 g/mol. The second-order valence-electron chi connectivity index (χ2n) is 6.52. The molecule has 12 heteroatoms. The minimum Gasteiger partial charge on any atom is -0.493 e. The highest BCUT2D eigenvalue weighted by molar-refractivity contribution is 6.31. The maximum absolute atomic E-state index is 12.4. The van der Waals surface area contributed by atoms with Crippen molar-refractivity contribution in [1.29, 1.82) is 0 Å². The van der Waals surface area contributed by atoms with Crippen LogP contribution in [0.1, 0.15) is 22.8 Å². The van der Waals surface area contributed by atoms with Crippen LogP contribution in [0.3, 0.4) is 0 Å². The summed E-state index contributed by atoms with van der Waals surface area (Å²) in [5.74, 6) is -2.24. The van der Waals surface area contributed by atoms with Gasteiger partial charge in [-0.2, -0.15) is 0 Å². The number of nitrogens with zero attached hydrogens (tertiary/aromatic N) is 1. The molecule has 0 radical (unpaired) electrons. The number of carbonyl (C=O) groups excluding carboxylic acids is 3. The summed E-state index contributed by atoms with van der Waals surface area (Å²) in [6, 6.07) is 7.14. The van der Waals surface area contributed by atoms with Gasteiger partial charge in [-0.1, -0.05) is 17.7 Å². The number of ether oxygens (including phenoxy) is 3. The number of nitro benzene ring substituents is 1. The number of anilines is 1. The second-order valence-corrected chi connectivity index (χ2v) is 6.93. The first-order chi connectivity index (χ1) is 15.7. The van der Waals surface area contributed by atoms with Crippen LogP contribution < -0.4 is 20.1 Å². The van der Waals surface area contributed by atoms with Gasteiger partial charge in [0.15, 0.2) is 18.1 Å². The zero-order chi connectivity index (χ0) is 24.5. The SMILES string of the molecule is CCOc1cc([N+](=O)[O-])c(C(=O)OCC(=O)NCC(=O)Nc2cccc(Cl)c2C)cc1OC. The summed E-state index contributed by atoms with van der Waals surface area (Å²) in [4.78, 5) is 47.0. The number of nitro groups is 1. The Labute approximate surface area is 194 Å².